The van der Waals surface area contributed by atoms with Crippen molar-refractivity contribution in [3.05, 3.63) is 94.1 Å². The van der Waals surface area contributed by atoms with Crippen molar-refractivity contribution in [2.75, 3.05) is 33.9 Å². The molecule has 0 bridgehead atoms. The number of pyridine rings is 1. The number of likely N-dealkylation sites (tertiary alicyclic amines) is 1. The molecule has 4 aromatic rings. The molecule has 0 saturated carbocycles. The number of nitrogens with zero attached hydrogens (tertiary/aromatic N) is 2. The van der Waals surface area contributed by atoms with Gasteiger partial charge >= 0.3 is 0 Å². The third kappa shape index (κ3) is 5.78. The first-order valence-corrected chi connectivity index (χ1v) is 13.1. The van der Waals surface area contributed by atoms with E-state index in [-0.39, 0.29) is 17.8 Å². The zero-order chi connectivity index (χ0) is 26.3. The summed E-state index contributed by atoms with van der Waals surface area (Å²) >= 11 is 0. The molecular formula is C31H34N2O5. The van der Waals surface area contributed by atoms with Crippen LogP contribution in [0.1, 0.15) is 24.0 Å². The molecule has 7 heteroatoms. The standard InChI is InChI=1S/C31H34N2O5/c1-35-25-13-9-23(10-14-25)21-37-30-29(34)27-7-3-4-8-28(27)33(20-19-32-17-5-6-18-32)31(30)38-22-24-11-15-26(36-2)16-12-24/h3-4,7-16H,5-6,17-22H2,1-2H3. The quantitative estimate of drug-likeness (QED) is 0.272. The van der Waals surface area contributed by atoms with Gasteiger partial charge in [-0.2, -0.15) is 0 Å². The maximum atomic E-state index is 13.7. The van der Waals surface area contributed by atoms with E-state index < -0.39 is 0 Å². The first kappa shape index (κ1) is 25.7. The van der Waals surface area contributed by atoms with E-state index in [1.807, 2.05) is 72.8 Å². The van der Waals surface area contributed by atoms with Crippen molar-refractivity contribution in [3.8, 4) is 23.1 Å². The van der Waals surface area contributed by atoms with Crippen LogP contribution in [-0.4, -0.2) is 43.3 Å². The summed E-state index contributed by atoms with van der Waals surface area (Å²) in [6, 6.07) is 23.1. The third-order valence-corrected chi connectivity index (χ3v) is 7.00. The number of methoxy groups -OCH3 is 2. The smallest absolute Gasteiger partial charge is 0.242 e. The van der Waals surface area contributed by atoms with Crippen LogP contribution < -0.4 is 24.4 Å². The monoisotopic (exact) mass is 514 g/mol. The molecule has 0 N–H and O–H groups in total. The second-order valence-electron chi connectivity index (χ2n) is 9.45. The summed E-state index contributed by atoms with van der Waals surface area (Å²) in [5, 5.41) is 0.621. The van der Waals surface area contributed by atoms with Gasteiger partial charge in [0.05, 0.1) is 19.7 Å². The van der Waals surface area contributed by atoms with Crippen molar-refractivity contribution in [1.82, 2.24) is 9.47 Å². The van der Waals surface area contributed by atoms with Crippen LogP contribution in [0.4, 0.5) is 0 Å². The lowest BCUT2D eigenvalue weighted by Gasteiger charge is -2.23. The van der Waals surface area contributed by atoms with Crippen LogP contribution in [0.2, 0.25) is 0 Å². The van der Waals surface area contributed by atoms with Crippen molar-refractivity contribution in [2.24, 2.45) is 0 Å². The molecule has 0 atom stereocenters. The Morgan fingerprint density at radius 2 is 1.29 bits per heavy atom. The Morgan fingerprint density at radius 1 is 0.711 bits per heavy atom. The first-order chi connectivity index (χ1) is 18.7. The van der Waals surface area contributed by atoms with Gasteiger partial charge in [0.25, 0.3) is 0 Å². The summed E-state index contributed by atoms with van der Waals surface area (Å²) in [7, 11) is 3.28. The fourth-order valence-electron chi connectivity index (χ4n) is 4.84. The SMILES string of the molecule is COc1ccc(COc2c(OCc3ccc(OC)cc3)n(CCN3CCCC3)c3ccccc3c2=O)cc1. The fourth-order valence-corrected chi connectivity index (χ4v) is 4.84. The Morgan fingerprint density at radius 3 is 1.89 bits per heavy atom. The number of benzene rings is 3. The Balaban J connectivity index is 1.51. The van der Waals surface area contributed by atoms with Crippen LogP contribution in [-0.2, 0) is 19.8 Å². The predicted octanol–water partition coefficient (Wildman–Crippen LogP) is 5.27. The highest BCUT2D eigenvalue weighted by Crippen LogP contribution is 2.31. The molecule has 5 rings (SSSR count). The van der Waals surface area contributed by atoms with Crippen molar-refractivity contribution >= 4 is 10.9 Å². The highest BCUT2D eigenvalue weighted by atomic mass is 16.5. The molecule has 198 valence electrons. The summed E-state index contributed by atoms with van der Waals surface area (Å²) in [4.78, 5) is 16.2. The minimum Gasteiger partial charge on any atom is -0.497 e. The molecule has 1 saturated heterocycles. The van der Waals surface area contributed by atoms with E-state index in [1.54, 1.807) is 14.2 Å². The second kappa shape index (κ2) is 12.0. The van der Waals surface area contributed by atoms with Gasteiger partial charge in [-0.15, -0.1) is 0 Å². The minimum absolute atomic E-state index is 0.170. The number of ether oxygens (including phenoxy) is 4. The molecule has 2 heterocycles. The highest BCUT2D eigenvalue weighted by Gasteiger charge is 2.21. The van der Waals surface area contributed by atoms with Gasteiger partial charge < -0.3 is 28.4 Å². The molecular weight excluding hydrogens is 480 g/mol. The summed E-state index contributed by atoms with van der Waals surface area (Å²) in [5.74, 6) is 2.24. The zero-order valence-corrected chi connectivity index (χ0v) is 22.0. The number of hydrogen-bond acceptors (Lipinski definition) is 6. The number of fused-ring (bicyclic) bond motifs is 1. The molecule has 0 unspecified atom stereocenters. The first-order valence-electron chi connectivity index (χ1n) is 13.1. The molecule has 0 radical (unpaired) electrons. The average molecular weight is 515 g/mol. The topological polar surface area (TPSA) is 62.2 Å². The molecule has 7 nitrogen and oxygen atoms in total. The lowest BCUT2D eigenvalue weighted by Crippen LogP contribution is -2.26. The Hall–Kier alpha value is -3.97. The molecule has 0 spiro atoms. The Labute approximate surface area is 223 Å². The number of para-hydroxylation sites is 1. The Bertz CT molecular complexity index is 1410. The van der Waals surface area contributed by atoms with E-state index in [1.165, 1.54) is 12.8 Å². The number of rotatable bonds is 11. The predicted molar refractivity (Wildman–Crippen MR) is 149 cm³/mol. The van der Waals surface area contributed by atoms with Crippen molar-refractivity contribution in [1.29, 1.82) is 0 Å². The van der Waals surface area contributed by atoms with Gasteiger partial charge in [-0.25, -0.2) is 0 Å². The maximum Gasteiger partial charge on any atom is 0.242 e. The van der Waals surface area contributed by atoms with Gasteiger partial charge in [0.15, 0.2) is 0 Å². The van der Waals surface area contributed by atoms with E-state index in [4.69, 9.17) is 18.9 Å². The van der Waals surface area contributed by atoms with E-state index >= 15 is 0 Å². The molecule has 0 amide bonds. The van der Waals surface area contributed by atoms with Gasteiger partial charge in [0, 0.05) is 18.5 Å². The molecule has 38 heavy (non-hydrogen) atoms. The summed E-state index contributed by atoms with van der Waals surface area (Å²) in [6.45, 7) is 4.30. The van der Waals surface area contributed by atoms with Gasteiger partial charge in [-0.05, 0) is 73.5 Å². The van der Waals surface area contributed by atoms with Crippen LogP contribution >= 0.6 is 0 Å². The van der Waals surface area contributed by atoms with Gasteiger partial charge in [0.1, 0.15) is 24.7 Å². The van der Waals surface area contributed by atoms with Crippen LogP contribution in [0, 0.1) is 0 Å². The van der Waals surface area contributed by atoms with Crippen LogP contribution in [0.3, 0.4) is 0 Å². The summed E-state index contributed by atoms with van der Waals surface area (Å²) in [5.41, 5.74) is 2.58. The molecule has 1 aromatic heterocycles. The van der Waals surface area contributed by atoms with E-state index in [0.29, 0.717) is 24.4 Å². The lowest BCUT2D eigenvalue weighted by atomic mass is 10.2. The summed E-state index contributed by atoms with van der Waals surface area (Å²) in [6.07, 6.45) is 2.45. The van der Waals surface area contributed by atoms with Crippen molar-refractivity contribution < 1.29 is 18.9 Å². The molecule has 1 aliphatic rings. The second-order valence-corrected chi connectivity index (χ2v) is 9.45. The van der Waals surface area contributed by atoms with E-state index in [9.17, 15) is 4.79 Å². The third-order valence-electron chi connectivity index (χ3n) is 7.00. The van der Waals surface area contributed by atoms with Crippen LogP contribution in [0.15, 0.2) is 77.6 Å². The van der Waals surface area contributed by atoms with Gasteiger partial charge in [-0.3, -0.25) is 4.79 Å². The van der Waals surface area contributed by atoms with Gasteiger partial charge in [0.2, 0.25) is 17.1 Å². The maximum absolute atomic E-state index is 13.7. The van der Waals surface area contributed by atoms with Gasteiger partial charge in [-0.1, -0.05) is 36.4 Å². The normalized spacial score (nSPS) is 13.5. The zero-order valence-electron chi connectivity index (χ0n) is 22.0. The Kier molecular flexibility index (Phi) is 8.14. The van der Waals surface area contributed by atoms with Crippen molar-refractivity contribution in [3.63, 3.8) is 0 Å². The van der Waals surface area contributed by atoms with Crippen molar-refractivity contribution in [2.45, 2.75) is 32.6 Å². The molecule has 3 aromatic carbocycles. The number of aromatic nitrogens is 1. The van der Waals surface area contributed by atoms with Crippen LogP contribution in [0.25, 0.3) is 10.9 Å². The fraction of sp³-hybridized carbons (Fsp3) is 0.323. The van der Waals surface area contributed by atoms with E-state index in [0.717, 1.165) is 47.8 Å². The molecule has 1 aliphatic heterocycles. The summed E-state index contributed by atoms with van der Waals surface area (Å²) < 4.78 is 25.3. The van der Waals surface area contributed by atoms with Crippen LogP contribution in [0.5, 0.6) is 23.1 Å². The average Bonchev–Trinajstić information content (AvgIpc) is 3.49. The molecule has 1 fully saturated rings. The molecule has 0 aliphatic carbocycles. The number of hydrogen-bond donors (Lipinski definition) is 0. The van der Waals surface area contributed by atoms with E-state index in [2.05, 4.69) is 9.47 Å². The minimum atomic E-state index is -0.170. The lowest BCUT2D eigenvalue weighted by molar-refractivity contribution is 0.229. The largest absolute Gasteiger partial charge is 0.497 e. The highest BCUT2D eigenvalue weighted by molar-refractivity contribution is 5.82.